The quantitative estimate of drug-likeness (QED) is 0.740. The number of hydrogen-bond donors (Lipinski definition) is 1. The third kappa shape index (κ3) is 6.93. The Balaban J connectivity index is 1.87. The van der Waals surface area contributed by atoms with Gasteiger partial charge in [0.1, 0.15) is 18.1 Å². The van der Waals surface area contributed by atoms with Gasteiger partial charge in [0.05, 0.1) is 5.75 Å². The van der Waals surface area contributed by atoms with Crippen LogP contribution < -0.4 is 14.8 Å². The summed E-state index contributed by atoms with van der Waals surface area (Å²) in [7, 11) is -3.08. The molecule has 0 saturated heterocycles. The van der Waals surface area contributed by atoms with E-state index in [1.54, 1.807) is 42.5 Å². The molecule has 1 N–H and O–H groups in total. The monoisotopic (exact) mass is 397 g/mol. The molecule has 0 unspecified atom stereocenters. The minimum Gasteiger partial charge on any atom is -0.492 e. The first-order valence-electron chi connectivity index (χ1n) is 7.82. The summed E-state index contributed by atoms with van der Waals surface area (Å²) in [6.45, 7) is 1.74. The van der Waals surface area contributed by atoms with Crippen LogP contribution in [-0.4, -0.2) is 39.5 Å². The number of benzene rings is 2. The lowest BCUT2D eigenvalue weighted by atomic mass is 10.2. The first-order chi connectivity index (χ1) is 12.2. The Labute approximate surface area is 158 Å². The first-order valence-corrected chi connectivity index (χ1v) is 10.3. The highest BCUT2D eigenvalue weighted by molar-refractivity contribution is 7.90. The average Bonchev–Trinajstić information content (AvgIpc) is 2.53. The highest BCUT2D eigenvalue weighted by Crippen LogP contribution is 2.22. The number of ether oxygens (including phenoxy) is 2. The number of amides is 1. The molecule has 0 bridgehead atoms. The van der Waals surface area contributed by atoms with Gasteiger partial charge in [-0.1, -0.05) is 17.7 Å². The van der Waals surface area contributed by atoms with E-state index < -0.39 is 9.84 Å². The molecule has 8 heteroatoms. The number of hydrogen-bond acceptors (Lipinski definition) is 5. The fourth-order valence-corrected chi connectivity index (χ4v) is 2.70. The van der Waals surface area contributed by atoms with Crippen LogP contribution in [0.4, 0.5) is 5.69 Å². The normalized spacial score (nSPS) is 11.0. The number of aryl methyl sites for hydroxylation is 1. The summed E-state index contributed by atoms with van der Waals surface area (Å²) in [4.78, 5) is 12.0. The van der Waals surface area contributed by atoms with Crippen LogP contribution >= 0.6 is 11.6 Å². The topological polar surface area (TPSA) is 81.7 Å². The maximum absolute atomic E-state index is 12.0. The molecule has 0 radical (unpaired) electrons. The summed E-state index contributed by atoms with van der Waals surface area (Å²) in [5.74, 6) is 0.661. The number of sulfone groups is 1. The zero-order valence-corrected chi connectivity index (χ0v) is 16.1. The van der Waals surface area contributed by atoms with Gasteiger partial charge >= 0.3 is 0 Å². The van der Waals surface area contributed by atoms with E-state index in [0.717, 1.165) is 11.8 Å². The summed E-state index contributed by atoms with van der Waals surface area (Å²) in [5.41, 5.74) is 1.37. The van der Waals surface area contributed by atoms with Gasteiger partial charge in [0.2, 0.25) is 0 Å². The van der Waals surface area contributed by atoms with Crippen molar-refractivity contribution in [3.8, 4) is 11.5 Å². The SMILES string of the molecule is Cc1cc(Cl)ccc1OCC(=O)Nc1cccc(OCCS(C)(=O)=O)c1. The van der Waals surface area contributed by atoms with Crippen molar-refractivity contribution in [2.75, 3.05) is 30.5 Å². The van der Waals surface area contributed by atoms with E-state index in [9.17, 15) is 13.2 Å². The molecule has 0 spiro atoms. The highest BCUT2D eigenvalue weighted by atomic mass is 35.5. The fraction of sp³-hybridized carbons (Fsp3) is 0.278. The van der Waals surface area contributed by atoms with Gasteiger partial charge in [0, 0.05) is 23.0 Å². The Morgan fingerprint density at radius 1 is 1.15 bits per heavy atom. The van der Waals surface area contributed by atoms with Crippen LogP contribution in [0.25, 0.3) is 0 Å². The highest BCUT2D eigenvalue weighted by Gasteiger charge is 2.07. The lowest BCUT2D eigenvalue weighted by Gasteiger charge is -2.11. The van der Waals surface area contributed by atoms with Crippen molar-refractivity contribution in [1.82, 2.24) is 0 Å². The number of halogens is 1. The smallest absolute Gasteiger partial charge is 0.262 e. The molecule has 6 nitrogen and oxygen atoms in total. The van der Waals surface area contributed by atoms with E-state index in [0.29, 0.717) is 22.2 Å². The van der Waals surface area contributed by atoms with Crippen molar-refractivity contribution in [2.24, 2.45) is 0 Å². The van der Waals surface area contributed by atoms with Crippen LogP contribution in [0.2, 0.25) is 5.02 Å². The second-order valence-corrected chi connectivity index (χ2v) is 8.45. The Morgan fingerprint density at radius 3 is 2.62 bits per heavy atom. The molecule has 0 fully saturated rings. The molecule has 2 aromatic carbocycles. The molecule has 0 saturated carbocycles. The van der Waals surface area contributed by atoms with E-state index in [1.165, 1.54) is 0 Å². The second-order valence-electron chi connectivity index (χ2n) is 5.75. The Morgan fingerprint density at radius 2 is 1.92 bits per heavy atom. The van der Waals surface area contributed by atoms with Crippen molar-refractivity contribution in [1.29, 1.82) is 0 Å². The predicted octanol–water partition coefficient (Wildman–Crippen LogP) is 3.09. The minimum absolute atomic E-state index is 0.0508. The van der Waals surface area contributed by atoms with Gasteiger partial charge in [0.25, 0.3) is 5.91 Å². The molecular formula is C18H20ClNO5S. The van der Waals surface area contributed by atoms with Gasteiger partial charge in [-0.05, 0) is 42.8 Å². The van der Waals surface area contributed by atoms with Crippen molar-refractivity contribution in [3.63, 3.8) is 0 Å². The van der Waals surface area contributed by atoms with Crippen molar-refractivity contribution in [3.05, 3.63) is 53.1 Å². The zero-order chi connectivity index (χ0) is 19.2. The number of nitrogens with one attached hydrogen (secondary N) is 1. The standard InChI is InChI=1S/C18H20ClNO5S/c1-13-10-14(19)6-7-17(13)25-12-18(21)20-15-4-3-5-16(11-15)24-8-9-26(2,22)23/h3-7,10-11H,8-9,12H2,1-2H3,(H,20,21). The van der Waals surface area contributed by atoms with Gasteiger partial charge in [-0.25, -0.2) is 8.42 Å². The van der Waals surface area contributed by atoms with Crippen molar-refractivity contribution >= 4 is 33.0 Å². The van der Waals surface area contributed by atoms with Gasteiger partial charge in [0.15, 0.2) is 16.4 Å². The largest absolute Gasteiger partial charge is 0.492 e. The zero-order valence-electron chi connectivity index (χ0n) is 14.5. The van der Waals surface area contributed by atoms with Gasteiger partial charge < -0.3 is 14.8 Å². The van der Waals surface area contributed by atoms with Gasteiger partial charge in [-0.3, -0.25) is 4.79 Å². The average molecular weight is 398 g/mol. The van der Waals surface area contributed by atoms with Crippen LogP contribution in [0.15, 0.2) is 42.5 Å². The number of rotatable bonds is 8. The fourth-order valence-electron chi connectivity index (χ4n) is 2.09. The predicted molar refractivity (Wildman–Crippen MR) is 102 cm³/mol. The molecule has 0 heterocycles. The molecular weight excluding hydrogens is 378 g/mol. The molecule has 26 heavy (non-hydrogen) atoms. The van der Waals surface area contributed by atoms with E-state index in [4.69, 9.17) is 21.1 Å². The van der Waals surface area contributed by atoms with Crippen LogP contribution in [-0.2, 0) is 14.6 Å². The molecule has 1 amide bonds. The molecule has 0 aliphatic heterocycles. The van der Waals surface area contributed by atoms with Crippen molar-refractivity contribution in [2.45, 2.75) is 6.92 Å². The maximum Gasteiger partial charge on any atom is 0.262 e. The van der Waals surface area contributed by atoms with Crippen LogP contribution in [0.5, 0.6) is 11.5 Å². The third-order valence-corrected chi connectivity index (χ3v) is 4.48. The maximum atomic E-state index is 12.0. The lowest BCUT2D eigenvalue weighted by molar-refractivity contribution is -0.118. The molecule has 0 atom stereocenters. The summed E-state index contributed by atoms with van der Waals surface area (Å²) < 4.78 is 33.1. The Bertz CT molecular complexity index is 883. The van der Waals surface area contributed by atoms with Crippen molar-refractivity contribution < 1.29 is 22.7 Å². The number of carbonyl (C=O) groups excluding carboxylic acids is 1. The lowest BCUT2D eigenvalue weighted by Crippen LogP contribution is -2.20. The van der Waals surface area contributed by atoms with Gasteiger partial charge in [-0.15, -0.1) is 0 Å². The van der Waals surface area contributed by atoms with Crippen LogP contribution in [0.3, 0.4) is 0 Å². The minimum atomic E-state index is -3.08. The van der Waals surface area contributed by atoms with Crippen LogP contribution in [0, 0.1) is 6.92 Å². The number of anilines is 1. The summed E-state index contributed by atoms with van der Waals surface area (Å²) >= 11 is 5.88. The number of carbonyl (C=O) groups is 1. The Hall–Kier alpha value is -2.25. The second kappa shape index (κ2) is 8.91. The van der Waals surface area contributed by atoms with E-state index in [1.807, 2.05) is 6.92 Å². The van der Waals surface area contributed by atoms with Gasteiger partial charge in [-0.2, -0.15) is 0 Å². The van der Waals surface area contributed by atoms with E-state index >= 15 is 0 Å². The molecule has 0 aliphatic rings. The summed E-state index contributed by atoms with van der Waals surface area (Å²) in [5, 5.41) is 3.31. The molecule has 2 aromatic rings. The van der Waals surface area contributed by atoms with Crippen LogP contribution in [0.1, 0.15) is 5.56 Å². The van der Waals surface area contributed by atoms with E-state index in [2.05, 4.69) is 5.32 Å². The first kappa shape index (κ1) is 20.1. The third-order valence-electron chi connectivity index (χ3n) is 3.34. The summed E-state index contributed by atoms with van der Waals surface area (Å²) in [6, 6.07) is 11.9. The molecule has 0 aliphatic carbocycles. The molecule has 2 rings (SSSR count). The summed E-state index contributed by atoms with van der Waals surface area (Å²) in [6.07, 6.45) is 1.15. The Kier molecular flexibility index (Phi) is 6.88. The molecule has 140 valence electrons. The molecule has 0 aromatic heterocycles. The van der Waals surface area contributed by atoms with E-state index in [-0.39, 0.29) is 24.9 Å².